The van der Waals surface area contributed by atoms with Gasteiger partial charge in [-0.25, -0.2) is 4.39 Å². The van der Waals surface area contributed by atoms with Gasteiger partial charge in [-0.2, -0.15) is 0 Å². The zero-order valence-electron chi connectivity index (χ0n) is 14.5. The van der Waals surface area contributed by atoms with Gasteiger partial charge in [0.15, 0.2) is 5.96 Å². The molecule has 2 rings (SSSR count). The molecule has 1 aromatic carbocycles. The molecule has 24 heavy (non-hydrogen) atoms. The average Bonchev–Trinajstić information content (AvgIpc) is 2.59. The molecule has 0 aromatic heterocycles. The third kappa shape index (κ3) is 5.76. The van der Waals surface area contributed by atoms with Crippen LogP contribution in [0.25, 0.3) is 0 Å². The molecule has 6 heteroatoms. The fraction of sp³-hybridized carbons (Fsp3) is 0.611. The van der Waals surface area contributed by atoms with Gasteiger partial charge in [-0.05, 0) is 50.3 Å². The Labute approximate surface area is 143 Å². The molecule has 1 aromatic rings. The average molecular weight is 337 g/mol. The number of nitrogens with zero attached hydrogens (tertiary/aromatic N) is 1. The van der Waals surface area contributed by atoms with Gasteiger partial charge in [-0.3, -0.25) is 4.99 Å². The summed E-state index contributed by atoms with van der Waals surface area (Å²) in [5.41, 5.74) is 0.902. The summed E-state index contributed by atoms with van der Waals surface area (Å²) in [4.78, 5) is 4.61. The first-order valence-corrected chi connectivity index (χ1v) is 8.63. The Morgan fingerprint density at radius 1 is 1.29 bits per heavy atom. The highest BCUT2D eigenvalue weighted by Gasteiger charge is 2.20. The van der Waals surface area contributed by atoms with Crippen LogP contribution in [0.5, 0.6) is 0 Å². The zero-order valence-corrected chi connectivity index (χ0v) is 14.5. The maximum absolute atomic E-state index is 13.1. The number of hydrogen-bond acceptors (Lipinski definition) is 3. The van der Waals surface area contributed by atoms with Gasteiger partial charge in [0.25, 0.3) is 0 Å². The van der Waals surface area contributed by atoms with Crippen LogP contribution in [0.2, 0.25) is 0 Å². The van der Waals surface area contributed by atoms with Crippen molar-refractivity contribution in [3.63, 3.8) is 0 Å². The normalized spacial score (nSPS) is 22.9. The van der Waals surface area contributed by atoms with E-state index in [-0.39, 0.29) is 18.0 Å². The smallest absolute Gasteiger partial charge is 0.191 e. The van der Waals surface area contributed by atoms with Gasteiger partial charge in [0.05, 0.1) is 12.6 Å². The summed E-state index contributed by atoms with van der Waals surface area (Å²) in [6.45, 7) is 3.25. The van der Waals surface area contributed by atoms with Crippen LogP contribution in [-0.2, 0) is 4.74 Å². The van der Waals surface area contributed by atoms with Crippen molar-refractivity contribution >= 4 is 5.96 Å². The van der Waals surface area contributed by atoms with Crippen molar-refractivity contribution in [2.45, 2.75) is 50.9 Å². The van der Waals surface area contributed by atoms with Crippen LogP contribution in [-0.4, -0.2) is 43.4 Å². The molecule has 0 heterocycles. The fourth-order valence-electron chi connectivity index (χ4n) is 2.90. The van der Waals surface area contributed by atoms with Gasteiger partial charge in [0.1, 0.15) is 11.9 Å². The van der Waals surface area contributed by atoms with Gasteiger partial charge in [-0.1, -0.05) is 12.1 Å². The lowest BCUT2D eigenvalue weighted by Crippen LogP contribution is -2.45. The lowest BCUT2D eigenvalue weighted by atomic mass is 9.93. The third-order valence-corrected chi connectivity index (χ3v) is 4.32. The lowest BCUT2D eigenvalue weighted by molar-refractivity contribution is 0.110. The molecule has 5 nitrogen and oxygen atoms in total. The number of aliphatic imine (C=N–C) groups is 1. The SMILES string of the molecule is CCNC(=NCC(OC)c1ccc(F)cc1)NC1CCC(O)CC1. The van der Waals surface area contributed by atoms with Gasteiger partial charge in [-0.15, -0.1) is 0 Å². The highest BCUT2D eigenvalue weighted by atomic mass is 19.1. The largest absolute Gasteiger partial charge is 0.393 e. The van der Waals surface area contributed by atoms with Crippen molar-refractivity contribution in [1.82, 2.24) is 10.6 Å². The zero-order chi connectivity index (χ0) is 17.4. The molecule has 0 aliphatic heterocycles. The number of aliphatic hydroxyl groups is 1. The van der Waals surface area contributed by atoms with Crippen molar-refractivity contribution in [2.24, 2.45) is 4.99 Å². The number of rotatable bonds is 6. The first-order valence-electron chi connectivity index (χ1n) is 8.63. The van der Waals surface area contributed by atoms with Gasteiger partial charge < -0.3 is 20.5 Å². The fourth-order valence-corrected chi connectivity index (χ4v) is 2.90. The maximum atomic E-state index is 13.1. The molecule has 1 unspecified atom stereocenters. The number of benzene rings is 1. The molecule has 0 saturated heterocycles. The summed E-state index contributed by atoms with van der Waals surface area (Å²) in [7, 11) is 1.63. The minimum absolute atomic E-state index is 0.168. The molecule has 1 fully saturated rings. The van der Waals surface area contributed by atoms with E-state index in [1.165, 1.54) is 12.1 Å². The number of ether oxygens (including phenoxy) is 1. The van der Waals surface area contributed by atoms with E-state index in [0.29, 0.717) is 12.6 Å². The predicted molar refractivity (Wildman–Crippen MR) is 93.5 cm³/mol. The molecular formula is C18H28FN3O2. The number of halogens is 1. The second kappa shape index (κ2) is 9.59. The topological polar surface area (TPSA) is 65.9 Å². The molecule has 1 aliphatic rings. The van der Waals surface area contributed by atoms with E-state index < -0.39 is 0 Å². The predicted octanol–water partition coefficient (Wildman–Crippen LogP) is 2.37. The van der Waals surface area contributed by atoms with E-state index in [1.54, 1.807) is 19.2 Å². The summed E-state index contributed by atoms with van der Waals surface area (Å²) in [5.74, 6) is 0.495. The van der Waals surface area contributed by atoms with E-state index in [1.807, 2.05) is 6.92 Å². The summed E-state index contributed by atoms with van der Waals surface area (Å²) < 4.78 is 18.5. The van der Waals surface area contributed by atoms with Crippen LogP contribution in [0.15, 0.2) is 29.3 Å². The second-order valence-corrected chi connectivity index (χ2v) is 6.15. The molecule has 3 N–H and O–H groups in total. The number of methoxy groups -OCH3 is 1. The minimum atomic E-state index is -0.258. The quantitative estimate of drug-likeness (QED) is 0.551. The highest BCUT2D eigenvalue weighted by molar-refractivity contribution is 5.80. The molecule has 134 valence electrons. The van der Waals surface area contributed by atoms with E-state index in [4.69, 9.17) is 4.74 Å². The van der Waals surface area contributed by atoms with Crippen LogP contribution in [0.4, 0.5) is 4.39 Å². The Morgan fingerprint density at radius 3 is 2.54 bits per heavy atom. The number of aliphatic hydroxyl groups excluding tert-OH is 1. The molecule has 1 atom stereocenters. The molecule has 1 saturated carbocycles. The monoisotopic (exact) mass is 337 g/mol. The van der Waals surface area contributed by atoms with Gasteiger partial charge in [0.2, 0.25) is 0 Å². The minimum Gasteiger partial charge on any atom is -0.393 e. The van der Waals surface area contributed by atoms with Crippen molar-refractivity contribution in [3.05, 3.63) is 35.6 Å². The van der Waals surface area contributed by atoms with Crippen molar-refractivity contribution in [2.75, 3.05) is 20.2 Å². The highest BCUT2D eigenvalue weighted by Crippen LogP contribution is 2.19. The van der Waals surface area contributed by atoms with E-state index in [0.717, 1.165) is 43.8 Å². The number of guanidine groups is 1. The summed E-state index contributed by atoms with van der Waals surface area (Å²) in [5, 5.41) is 16.3. The Balaban J connectivity index is 1.96. The summed E-state index contributed by atoms with van der Waals surface area (Å²) in [6, 6.07) is 6.64. The van der Waals surface area contributed by atoms with Crippen LogP contribution in [0, 0.1) is 5.82 Å². The first-order chi connectivity index (χ1) is 11.6. The molecule has 1 aliphatic carbocycles. The second-order valence-electron chi connectivity index (χ2n) is 6.15. The molecule has 0 amide bonds. The van der Waals surface area contributed by atoms with Crippen LogP contribution in [0.3, 0.4) is 0 Å². The van der Waals surface area contributed by atoms with Crippen molar-refractivity contribution in [3.8, 4) is 0 Å². The number of nitrogens with one attached hydrogen (secondary N) is 2. The maximum Gasteiger partial charge on any atom is 0.191 e. The van der Waals surface area contributed by atoms with Gasteiger partial charge >= 0.3 is 0 Å². The van der Waals surface area contributed by atoms with Crippen molar-refractivity contribution in [1.29, 1.82) is 0 Å². The Morgan fingerprint density at radius 2 is 1.96 bits per heavy atom. The third-order valence-electron chi connectivity index (χ3n) is 4.32. The van der Waals surface area contributed by atoms with E-state index >= 15 is 0 Å². The standard InChI is InChI=1S/C18H28FN3O2/c1-3-20-18(22-15-8-10-16(23)11-9-15)21-12-17(24-2)13-4-6-14(19)7-5-13/h4-7,15-17,23H,3,8-12H2,1-2H3,(H2,20,21,22). The molecule has 0 radical (unpaired) electrons. The van der Waals surface area contributed by atoms with E-state index in [9.17, 15) is 9.50 Å². The van der Waals surface area contributed by atoms with Crippen LogP contribution >= 0.6 is 0 Å². The number of hydrogen-bond donors (Lipinski definition) is 3. The summed E-state index contributed by atoms with van der Waals surface area (Å²) >= 11 is 0. The molecule has 0 spiro atoms. The lowest BCUT2D eigenvalue weighted by Gasteiger charge is -2.27. The Bertz CT molecular complexity index is 514. The molecule has 0 bridgehead atoms. The van der Waals surface area contributed by atoms with Gasteiger partial charge in [0, 0.05) is 19.7 Å². The Hall–Kier alpha value is -1.66. The Kier molecular flexibility index (Phi) is 7.46. The van der Waals surface area contributed by atoms with E-state index in [2.05, 4.69) is 15.6 Å². The molecular weight excluding hydrogens is 309 g/mol. The first kappa shape index (κ1) is 18.7. The van der Waals surface area contributed by atoms with Crippen molar-refractivity contribution < 1.29 is 14.2 Å². The summed E-state index contributed by atoms with van der Waals surface area (Å²) in [6.07, 6.45) is 3.16. The van der Waals surface area contributed by atoms with Crippen LogP contribution in [0.1, 0.15) is 44.3 Å². The van der Waals surface area contributed by atoms with Crippen LogP contribution < -0.4 is 10.6 Å².